The molecule has 0 saturated carbocycles. The van der Waals surface area contributed by atoms with Crippen LogP contribution in [0.1, 0.15) is 22.8 Å². The number of carbonyl (C=O) groups is 1. The Morgan fingerprint density at radius 1 is 1.26 bits per heavy atom. The molecule has 0 aliphatic heterocycles. The van der Waals surface area contributed by atoms with Crippen molar-refractivity contribution in [3.05, 3.63) is 59.1 Å². The molecule has 2 aromatic heterocycles. The van der Waals surface area contributed by atoms with Crippen LogP contribution in [-0.4, -0.2) is 27.3 Å². The van der Waals surface area contributed by atoms with Gasteiger partial charge in [-0.25, -0.2) is 4.98 Å². The molecule has 2 rings (SSSR count). The van der Waals surface area contributed by atoms with E-state index in [2.05, 4.69) is 9.97 Å². The van der Waals surface area contributed by atoms with Crippen LogP contribution in [0, 0.1) is 0 Å². The number of aromatic nitrogens is 2. The Morgan fingerprint density at radius 3 is 2.63 bits per heavy atom. The molecule has 0 bridgehead atoms. The molecule has 0 unspecified atom stereocenters. The molecule has 0 aliphatic carbocycles. The first-order valence-corrected chi connectivity index (χ1v) is 6.39. The monoisotopic (exact) mass is 275 g/mol. The lowest BCUT2D eigenvalue weighted by Gasteiger charge is -2.21. The predicted molar refractivity (Wildman–Crippen MR) is 73.9 cm³/mol. The van der Waals surface area contributed by atoms with Crippen molar-refractivity contribution in [2.45, 2.75) is 13.5 Å². The molecule has 19 heavy (non-hydrogen) atoms. The van der Waals surface area contributed by atoms with Crippen LogP contribution in [0.25, 0.3) is 0 Å². The SMILES string of the molecule is CCN(Cc1ccncc1)C(=O)c1cccnc1Cl. The molecule has 0 N–H and O–H groups in total. The largest absolute Gasteiger partial charge is 0.335 e. The third-order valence-corrected chi connectivity index (χ3v) is 3.08. The Hall–Kier alpha value is -1.94. The highest BCUT2D eigenvalue weighted by molar-refractivity contribution is 6.32. The first kappa shape index (κ1) is 13.5. The van der Waals surface area contributed by atoms with Gasteiger partial charge in [0.2, 0.25) is 0 Å². The molecule has 0 aliphatic rings. The summed E-state index contributed by atoms with van der Waals surface area (Å²) in [4.78, 5) is 22.0. The molecule has 2 heterocycles. The van der Waals surface area contributed by atoms with Crippen molar-refractivity contribution in [3.63, 3.8) is 0 Å². The standard InChI is InChI=1S/C14H14ClN3O/c1-2-18(10-11-5-8-16-9-6-11)14(19)12-4-3-7-17-13(12)15/h3-9H,2,10H2,1H3. The summed E-state index contributed by atoms with van der Waals surface area (Å²) >= 11 is 5.95. The van der Waals surface area contributed by atoms with E-state index in [1.54, 1.807) is 35.6 Å². The quantitative estimate of drug-likeness (QED) is 0.806. The van der Waals surface area contributed by atoms with E-state index in [-0.39, 0.29) is 11.1 Å². The lowest BCUT2D eigenvalue weighted by molar-refractivity contribution is 0.0752. The van der Waals surface area contributed by atoms with Crippen LogP contribution >= 0.6 is 11.6 Å². The van der Waals surface area contributed by atoms with Gasteiger partial charge in [0.1, 0.15) is 5.15 Å². The number of rotatable bonds is 4. The van der Waals surface area contributed by atoms with Gasteiger partial charge in [-0.2, -0.15) is 0 Å². The number of halogens is 1. The van der Waals surface area contributed by atoms with E-state index in [0.717, 1.165) is 5.56 Å². The highest BCUT2D eigenvalue weighted by atomic mass is 35.5. The highest BCUT2D eigenvalue weighted by Crippen LogP contribution is 2.15. The van der Waals surface area contributed by atoms with Crippen LogP contribution in [0.3, 0.4) is 0 Å². The summed E-state index contributed by atoms with van der Waals surface area (Å²) in [7, 11) is 0. The van der Waals surface area contributed by atoms with Gasteiger partial charge in [0.05, 0.1) is 5.56 Å². The van der Waals surface area contributed by atoms with Gasteiger partial charge in [-0.3, -0.25) is 9.78 Å². The molecule has 0 atom stereocenters. The third kappa shape index (κ3) is 3.29. The lowest BCUT2D eigenvalue weighted by Crippen LogP contribution is -2.30. The van der Waals surface area contributed by atoms with E-state index < -0.39 is 0 Å². The van der Waals surface area contributed by atoms with Crippen LogP contribution in [0.2, 0.25) is 5.15 Å². The second-order valence-corrected chi connectivity index (χ2v) is 4.37. The van der Waals surface area contributed by atoms with Crippen LogP contribution in [-0.2, 0) is 6.54 Å². The van der Waals surface area contributed by atoms with Crippen LogP contribution < -0.4 is 0 Å². The predicted octanol–water partition coefficient (Wildman–Crippen LogP) is 2.79. The van der Waals surface area contributed by atoms with E-state index >= 15 is 0 Å². The average Bonchev–Trinajstić information content (AvgIpc) is 2.46. The number of hydrogen-bond acceptors (Lipinski definition) is 3. The van der Waals surface area contributed by atoms with E-state index in [9.17, 15) is 4.79 Å². The van der Waals surface area contributed by atoms with Crippen molar-refractivity contribution < 1.29 is 4.79 Å². The number of hydrogen-bond donors (Lipinski definition) is 0. The van der Waals surface area contributed by atoms with Gasteiger partial charge in [0.15, 0.2) is 0 Å². The zero-order valence-corrected chi connectivity index (χ0v) is 11.3. The van der Waals surface area contributed by atoms with Gasteiger partial charge >= 0.3 is 0 Å². The molecular weight excluding hydrogens is 262 g/mol. The smallest absolute Gasteiger partial charge is 0.257 e. The zero-order chi connectivity index (χ0) is 13.7. The molecule has 1 amide bonds. The molecule has 0 fully saturated rings. The Labute approximate surface area is 117 Å². The number of carbonyl (C=O) groups excluding carboxylic acids is 1. The maximum absolute atomic E-state index is 12.4. The molecular formula is C14H14ClN3O. The molecule has 5 heteroatoms. The van der Waals surface area contributed by atoms with Crippen molar-refractivity contribution in [1.29, 1.82) is 0 Å². The van der Waals surface area contributed by atoms with E-state index in [1.807, 2.05) is 19.1 Å². The fraction of sp³-hybridized carbons (Fsp3) is 0.214. The zero-order valence-electron chi connectivity index (χ0n) is 10.6. The summed E-state index contributed by atoms with van der Waals surface area (Å²) in [6.07, 6.45) is 4.99. The molecule has 0 saturated heterocycles. The minimum Gasteiger partial charge on any atom is -0.335 e. The minimum atomic E-state index is -0.114. The second kappa shape index (κ2) is 6.29. The Morgan fingerprint density at radius 2 is 2.00 bits per heavy atom. The molecule has 98 valence electrons. The van der Waals surface area contributed by atoms with Gasteiger partial charge in [-0.15, -0.1) is 0 Å². The van der Waals surface area contributed by atoms with Gasteiger partial charge in [-0.1, -0.05) is 11.6 Å². The van der Waals surface area contributed by atoms with Gasteiger partial charge in [0, 0.05) is 31.7 Å². The van der Waals surface area contributed by atoms with Crippen molar-refractivity contribution >= 4 is 17.5 Å². The molecule has 0 radical (unpaired) electrons. The van der Waals surface area contributed by atoms with Crippen LogP contribution in [0.15, 0.2) is 42.9 Å². The fourth-order valence-electron chi connectivity index (χ4n) is 1.75. The summed E-state index contributed by atoms with van der Waals surface area (Å²) in [5, 5.41) is 0.237. The number of nitrogens with zero attached hydrogens (tertiary/aromatic N) is 3. The average molecular weight is 276 g/mol. The van der Waals surface area contributed by atoms with Crippen LogP contribution in [0.5, 0.6) is 0 Å². The molecule has 2 aromatic rings. The third-order valence-electron chi connectivity index (χ3n) is 2.78. The van der Waals surface area contributed by atoms with Crippen molar-refractivity contribution in [2.24, 2.45) is 0 Å². The summed E-state index contributed by atoms with van der Waals surface area (Å²) in [5.74, 6) is -0.114. The van der Waals surface area contributed by atoms with E-state index in [4.69, 9.17) is 11.6 Å². The molecule has 4 nitrogen and oxygen atoms in total. The first-order valence-electron chi connectivity index (χ1n) is 6.01. The summed E-state index contributed by atoms with van der Waals surface area (Å²) in [6.45, 7) is 3.07. The summed E-state index contributed by atoms with van der Waals surface area (Å²) in [6, 6.07) is 7.17. The van der Waals surface area contributed by atoms with Gasteiger partial charge < -0.3 is 4.90 Å². The second-order valence-electron chi connectivity index (χ2n) is 4.02. The first-order chi connectivity index (χ1) is 9.22. The normalized spacial score (nSPS) is 10.2. The van der Waals surface area contributed by atoms with Gasteiger partial charge in [0.25, 0.3) is 5.91 Å². The van der Waals surface area contributed by atoms with Gasteiger partial charge in [-0.05, 0) is 36.8 Å². The number of amides is 1. The van der Waals surface area contributed by atoms with Crippen molar-refractivity contribution in [2.75, 3.05) is 6.54 Å². The van der Waals surface area contributed by atoms with Crippen molar-refractivity contribution in [1.82, 2.24) is 14.9 Å². The number of pyridine rings is 2. The summed E-state index contributed by atoms with van der Waals surface area (Å²) in [5.41, 5.74) is 1.46. The Kier molecular flexibility index (Phi) is 4.47. The topological polar surface area (TPSA) is 46.1 Å². The minimum absolute atomic E-state index is 0.114. The lowest BCUT2D eigenvalue weighted by atomic mass is 10.2. The van der Waals surface area contributed by atoms with E-state index in [1.165, 1.54) is 0 Å². The fourth-order valence-corrected chi connectivity index (χ4v) is 1.95. The Balaban J connectivity index is 2.18. The Bertz CT molecular complexity index is 560. The van der Waals surface area contributed by atoms with E-state index in [0.29, 0.717) is 18.7 Å². The molecule has 0 spiro atoms. The highest BCUT2D eigenvalue weighted by Gasteiger charge is 2.17. The summed E-state index contributed by atoms with van der Waals surface area (Å²) < 4.78 is 0. The van der Waals surface area contributed by atoms with Crippen LogP contribution in [0.4, 0.5) is 0 Å². The maximum Gasteiger partial charge on any atom is 0.257 e. The molecule has 0 aromatic carbocycles. The van der Waals surface area contributed by atoms with Crippen molar-refractivity contribution in [3.8, 4) is 0 Å². The maximum atomic E-state index is 12.4.